The van der Waals surface area contributed by atoms with Crippen LogP contribution >= 0.6 is 11.6 Å². The summed E-state index contributed by atoms with van der Waals surface area (Å²) in [4.78, 5) is 14.0. The molecular formula is C14H18ClNO. The Morgan fingerprint density at radius 2 is 1.82 bits per heavy atom. The van der Waals surface area contributed by atoms with Crippen molar-refractivity contribution in [1.82, 2.24) is 4.90 Å². The lowest BCUT2D eigenvalue weighted by atomic mass is 9.99. The number of nitrogens with zero attached hydrogens (tertiary/aromatic N) is 1. The van der Waals surface area contributed by atoms with E-state index < -0.39 is 0 Å². The van der Waals surface area contributed by atoms with Crippen LogP contribution in [0, 0.1) is 0 Å². The van der Waals surface area contributed by atoms with Gasteiger partial charge in [0.2, 0.25) is 5.91 Å². The Labute approximate surface area is 108 Å². The Balaban J connectivity index is 2.32. The van der Waals surface area contributed by atoms with Gasteiger partial charge >= 0.3 is 0 Å². The molecule has 1 aromatic rings. The maximum Gasteiger partial charge on any atom is 0.223 e. The molecule has 0 radical (unpaired) electrons. The first-order valence-corrected chi connectivity index (χ1v) is 6.35. The Morgan fingerprint density at radius 3 is 2.35 bits per heavy atom. The molecule has 1 aliphatic heterocycles. The molecule has 0 spiro atoms. The summed E-state index contributed by atoms with van der Waals surface area (Å²) in [6, 6.07) is 8.01. The van der Waals surface area contributed by atoms with Gasteiger partial charge in [-0.1, -0.05) is 23.7 Å². The minimum absolute atomic E-state index is 0.127. The van der Waals surface area contributed by atoms with E-state index in [0.717, 1.165) is 11.4 Å². The molecular weight excluding hydrogens is 234 g/mol. The molecule has 17 heavy (non-hydrogen) atoms. The van der Waals surface area contributed by atoms with Crippen LogP contribution in [0.1, 0.15) is 45.2 Å². The molecule has 0 bridgehead atoms. The van der Waals surface area contributed by atoms with E-state index in [1.807, 2.05) is 29.2 Å². The zero-order valence-electron chi connectivity index (χ0n) is 10.5. The van der Waals surface area contributed by atoms with Crippen LogP contribution < -0.4 is 0 Å². The lowest BCUT2D eigenvalue weighted by Crippen LogP contribution is -2.43. The first-order chi connectivity index (χ1) is 7.89. The second-order valence-electron chi connectivity index (χ2n) is 5.54. The molecule has 1 fully saturated rings. The largest absolute Gasteiger partial charge is 0.331 e. The van der Waals surface area contributed by atoms with Crippen molar-refractivity contribution in [2.45, 2.75) is 45.2 Å². The predicted octanol–water partition coefficient (Wildman–Crippen LogP) is 3.80. The smallest absolute Gasteiger partial charge is 0.223 e. The lowest BCUT2D eigenvalue weighted by molar-refractivity contribution is -0.133. The molecule has 0 aliphatic carbocycles. The summed E-state index contributed by atoms with van der Waals surface area (Å²) >= 11 is 5.89. The van der Waals surface area contributed by atoms with E-state index in [-0.39, 0.29) is 17.5 Å². The zero-order chi connectivity index (χ0) is 12.6. The summed E-state index contributed by atoms with van der Waals surface area (Å²) in [5, 5.41) is 0.736. The van der Waals surface area contributed by atoms with Gasteiger partial charge in [-0.15, -0.1) is 0 Å². The molecule has 0 aromatic heterocycles. The van der Waals surface area contributed by atoms with Crippen LogP contribution in [0.5, 0.6) is 0 Å². The van der Waals surface area contributed by atoms with E-state index in [1.165, 1.54) is 5.56 Å². The van der Waals surface area contributed by atoms with Gasteiger partial charge in [-0.05, 0) is 44.9 Å². The van der Waals surface area contributed by atoms with Crippen LogP contribution in [0.25, 0.3) is 0 Å². The third-order valence-corrected chi connectivity index (χ3v) is 3.44. The van der Waals surface area contributed by atoms with Gasteiger partial charge in [0, 0.05) is 17.0 Å². The quantitative estimate of drug-likeness (QED) is 0.743. The van der Waals surface area contributed by atoms with Crippen molar-refractivity contribution in [2.24, 2.45) is 0 Å². The normalized spacial score (nSPS) is 21.1. The summed E-state index contributed by atoms with van der Waals surface area (Å²) < 4.78 is 0. The van der Waals surface area contributed by atoms with Gasteiger partial charge in [0.15, 0.2) is 0 Å². The highest BCUT2D eigenvalue weighted by Gasteiger charge is 2.38. The second-order valence-corrected chi connectivity index (χ2v) is 5.98. The Kier molecular flexibility index (Phi) is 3.17. The van der Waals surface area contributed by atoms with E-state index in [9.17, 15) is 4.79 Å². The monoisotopic (exact) mass is 251 g/mol. The van der Waals surface area contributed by atoms with Crippen molar-refractivity contribution in [3.63, 3.8) is 0 Å². The topological polar surface area (TPSA) is 20.3 Å². The molecule has 1 aliphatic rings. The highest BCUT2D eigenvalue weighted by atomic mass is 35.5. The van der Waals surface area contributed by atoms with Crippen LogP contribution in [-0.2, 0) is 4.79 Å². The van der Waals surface area contributed by atoms with Crippen LogP contribution in [0.4, 0.5) is 0 Å². The Hall–Kier alpha value is -1.02. The number of carbonyl (C=O) groups is 1. The van der Waals surface area contributed by atoms with Crippen LogP contribution in [-0.4, -0.2) is 16.3 Å². The molecule has 92 valence electrons. The van der Waals surface area contributed by atoms with Gasteiger partial charge < -0.3 is 4.90 Å². The summed E-state index contributed by atoms with van der Waals surface area (Å²) in [5.41, 5.74) is 1.05. The van der Waals surface area contributed by atoms with Gasteiger partial charge in [-0.25, -0.2) is 0 Å². The van der Waals surface area contributed by atoms with Crippen molar-refractivity contribution in [1.29, 1.82) is 0 Å². The molecule has 1 unspecified atom stereocenters. The zero-order valence-corrected chi connectivity index (χ0v) is 11.3. The van der Waals surface area contributed by atoms with E-state index in [0.29, 0.717) is 6.42 Å². The number of rotatable bonds is 1. The minimum atomic E-state index is -0.127. The standard InChI is InChI=1S/C14H18ClNO/c1-14(2,3)16-12(8-9-13(16)17)10-4-6-11(15)7-5-10/h4-7,12H,8-9H2,1-3H3. The van der Waals surface area contributed by atoms with Crippen molar-refractivity contribution >= 4 is 17.5 Å². The molecule has 1 amide bonds. The van der Waals surface area contributed by atoms with Gasteiger partial charge in [0.05, 0.1) is 6.04 Å². The van der Waals surface area contributed by atoms with E-state index >= 15 is 0 Å². The first-order valence-electron chi connectivity index (χ1n) is 5.97. The number of carbonyl (C=O) groups excluding carboxylic acids is 1. The number of hydrogen-bond donors (Lipinski definition) is 0. The second kappa shape index (κ2) is 4.34. The lowest BCUT2D eigenvalue weighted by Gasteiger charge is -2.37. The Morgan fingerprint density at radius 1 is 1.24 bits per heavy atom. The number of likely N-dealkylation sites (tertiary alicyclic amines) is 1. The molecule has 1 heterocycles. The minimum Gasteiger partial charge on any atom is -0.331 e. The first kappa shape index (κ1) is 12.4. The summed E-state index contributed by atoms with van der Waals surface area (Å²) in [6.45, 7) is 6.25. The highest BCUT2D eigenvalue weighted by Crippen LogP contribution is 2.38. The molecule has 2 nitrogen and oxygen atoms in total. The molecule has 0 N–H and O–H groups in total. The fourth-order valence-corrected chi connectivity index (χ4v) is 2.65. The van der Waals surface area contributed by atoms with Gasteiger partial charge in [-0.2, -0.15) is 0 Å². The number of hydrogen-bond acceptors (Lipinski definition) is 1. The fraction of sp³-hybridized carbons (Fsp3) is 0.500. The van der Waals surface area contributed by atoms with E-state index in [2.05, 4.69) is 20.8 Å². The third kappa shape index (κ3) is 2.47. The van der Waals surface area contributed by atoms with Crippen LogP contribution in [0.3, 0.4) is 0 Å². The third-order valence-electron chi connectivity index (χ3n) is 3.19. The van der Waals surface area contributed by atoms with E-state index in [1.54, 1.807) is 0 Å². The SMILES string of the molecule is CC(C)(C)N1C(=O)CCC1c1ccc(Cl)cc1. The van der Waals surface area contributed by atoms with E-state index in [4.69, 9.17) is 11.6 Å². The number of benzene rings is 1. The summed E-state index contributed by atoms with van der Waals surface area (Å²) in [6.07, 6.45) is 1.54. The molecule has 1 saturated heterocycles. The van der Waals surface area contributed by atoms with Crippen molar-refractivity contribution in [3.05, 3.63) is 34.9 Å². The molecule has 0 saturated carbocycles. The van der Waals surface area contributed by atoms with Crippen LogP contribution in [0.2, 0.25) is 5.02 Å². The molecule has 1 atom stereocenters. The molecule has 1 aromatic carbocycles. The van der Waals surface area contributed by atoms with Crippen LogP contribution in [0.15, 0.2) is 24.3 Å². The fourth-order valence-electron chi connectivity index (χ4n) is 2.53. The van der Waals surface area contributed by atoms with Crippen molar-refractivity contribution < 1.29 is 4.79 Å². The average Bonchev–Trinajstić information content (AvgIpc) is 2.61. The van der Waals surface area contributed by atoms with Crippen molar-refractivity contribution in [2.75, 3.05) is 0 Å². The number of halogens is 1. The predicted molar refractivity (Wildman–Crippen MR) is 70.0 cm³/mol. The van der Waals surface area contributed by atoms with Gasteiger partial charge in [-0.3, -0.25) is 4.79 Å². The highest BCUT2D eigenvalue weighted by molar-refractivity contribution is 6.30. The summed E-state index contributed by atoms with van der Waals surface area (Å²) in [7, 11) is 0. The van der Waals surface area contributed by atoms with Gasteiger partial charge in [0.1, 0.15) is 0 Å². The average molecular weight is 252 g/mol. The molecule has 2 rings (SSSR count). The van der Waals surface area contributed by atoms with Gasteiger partial charge in [0.25, 0.3) is 0 Å². The Bertz CT molecular complexity index is 419. The number of amides is 1. The maximum atomic E-state index is 12.0. The summed E-state index contributed by atoms with van der Waals surface area (Å²) in [5.74, 6) is 0.248. The molecule has 3 heteroatoms. The van der Waals surface area contributed by atoms with Crippen molar-refractivity contribution in [3.8, 4) is 0 Å². The maximum absolute atomic E-state index is 12.0.